The lowest BCUT2D eigenvalue weighted by Crippen LogP contribution is -2.27. The summed E-state index contributed by atoms with van der Waals surface area (Å²) in [5, 5.41) is 5.16. The van der Waals surface area contributed by atoms with Crippen LogP contribution in [0.3, 0.4) is 0 Å². The number of carbonyl (C=O) groups excluding carboxylic acids is 4. The fourth-order valence-corrected chi connectivity index (χ4v) is 2.53. The van der Waals surface area contributed by atoms with Gasteiger partial charge in [0.1, 0.15) is 5.70 Å². The lowest BCUT2D eigenvalue weighted by molar-refractivity contribution is -0.139. The number of ether oxygens (including phenoxy) is 1. The topological polar surface area (TPSA) is 102 Å². The Morgan fingerprint density at radius 2 is 1.63 bits per heavy atom. The van der Waals surface area contributed by atoms with Crippen LogP contribution in [-0.4, -0.2) is 30.2 Å². The second-order valence-corrected chi connectivity index (χ2v) is 6.52. The highest BCUT2D eigenvalue weighted by atomic mass is 16.5. The SMILES string of the molecule is CCCC(=O)Nc1ccc(C(=O)COC(=O)/C(=C/c2ccccc2)NC(C)=O)cc1. The maximum atomic E-state index is 12.4. The van der Waals surface area contributed by atoms with Crippen LogP contribution in [0.4, 0.5) is 5.69 Å². The molecule has 0 heterocycles. The molecule has 0 saturated carbocycles. The van der Waals surface area contributed by atoms with Crippen molar-refractivity contribution in [3.63, 3.8) is 0 Å². The van der Waals surface area contributed by atoms with Crippen molar-refractivity contribution in [1.29, 1.82) is 0 Å². The van der Waals surface area contributed by atoms with E-state index in [1.807, 2.05) is 13.0 Å². The van der Waals surface area contributed by atoms with Crippen LogP contribution in [0.15, 0.2) is 60.3 Å². The third-order valence-corrected chi connectivity index (χ3v) is 3.94. The number of rotatable bonds is 9. The van der Waals surface area contributed by atoms with Gasteiger partial charge in [0, 0.05) is 24.6 Å². The number of anilines is 1. The van der Waals surface area contributed by atoms with Crippen LogP contribution >= 0.6 is 0 Å². The van der Waals surface area contributed by atoms with Gasteiger partial charge in [-0.05, 0) is 42.3 Å². The van der Waals surface area contributed by atoms with Gasteiger partial charge in [-0.1, -0.05) is 37.3 Å². The largest absolute Gasteiger partial charge is 0.453 e. The number of ketones is 1. The molecule has 2 aromatic rings. The summed E-state index contributed by atoms with van der Waals surface area (Å²) in [5.41, 5.74) is 1.56. The summed E-state index contributed by atoms with van der Waals surface area (Å²) >= 11 is 0. The van der Waals surface area contributed by atoms with Crippen LogP contribution in [-0.2, 0) is 19.1 Å². The molecule has 0 bridgehead atoms. The predicted octanol–water partition coefficient (Wildman–Crippen LogP) is 3.33. The summed E-state index contributed by atoms with van der Waals surface area (Å²) in [6, 6.07) is 15.3. The summed E-state index contributed by atoms with van der Waals surface area (Å²) < 4.78 is 5.08. The van der Waals surface area contributed by atoms with E-state index < -0.39 is 24.3 Å². The normalized spacial score (nSPS) is 10.8. The van der Waals surface area contributed by atoms with E-state index in [1.54, 1.807) is 48.5 Å². The van der Waals surface area contributed by atoms with E-state index in [1.165, 1.54) is 13.0 Å². The molecule has 0 aliphatic rings. The van der Waals surface area contributed by atoms with Crippen molar-refractivity contribution < 1.29 is 23.9 Å². The Kier molecular flexibility index (Phi) is 8.50. The van der Waals surface area contributed by atoms with Crippen molar-refractivity contribution in [1.82, 2.24) is 5.32 Å². The molecule has 2 N–H and O–H groups in total. The van der Waals surface area contributed by atoms with Gasteiger partial charge in [-0.2, -0.15) is 0 Å². The summed E-state index contributed by atoms with van der Waals surface area (Å²) in [6.45, 7) is 2.71. The number of esters is 1. The zero-order valence-electron chi connectivity index (χ0n) is 16.9. The van der Waals surface area contributed by atoms with E-state index >= 15 is 0 Å². The molecule has 2 rings (SSSR count). The highest BCUT2D eigenvalue weighted by Gasteiger charge is 2.16. The lowest BCUT2D eigenvalue weighted by Gasteiger charge is -2.09. The quantitative estimate of drug-likeness (QED) is 0.376. The monoisotopic (exact) mass is 408 g/mol. The van der Waals surface area contributed by atoms with Gasteiger partial charge in [0.15, 0.2) is 12.4 Å². The minimum atomic E-state index is -0.814. The molecule has 0 spiro atoms. The van der Waals surface area contributed by atoms with Crippen molar-refractivity contribution in [3.8, 4) is 0 Å². The van der Waals surface area contributed by atoms with Crippen molar-refractivity contribution >= 4 is 35.3 Å². The van der Waals surface area contributed by atoms with Crippen LogP contribution < -0.4 is 10.6 Å². The first-order valence-corrected chi connectivity index (χ1v) is 9.53. The molecule has 0 aliphatic carbocycles. The maximum absolute atomic E-state index is 12.4. The van der Waals surface area contributed by atoms with Crippen molar-refractivity contribution in [2.24, 2.45) is 0 Å². The molecular weight excluding hydrogens is 384 g/mol. The molecule has 0 fully saturated rings. The van der Waals surface area contributed by atoms with Crippen molar-refractivity contribution in [3.05, 3.63) is 71.4 Å². The summed E-state index contributed by atoms with van der Waals surface area (Å²) in [5.74, 6) is -1.75. The Hall–Kier alpha value is -3.74. The minimum absolute atomic E-state index is 0.0597. The second-order valence-electron chi connectivity index (χ2n) is 6.52. The van der Waals surface area contributed by atoms with E-state index in [9.17, 15) is 19.2 Å². The molecule has 0 aliphatic heterocycles. The van der Waals surface area contributed by atoms with Crippen LogP contribution in [0.2, 0.25) is 0 Å². The Labute approximate surface area is 175 Å². The van der Waals surface area contributed by atoms with Gasteiger partial charge in [-0.3, -0.25) is 14.4 Å². The number of carbonyl (C=O) groups is 4. The first-order valence-electron chi connectivity index (χ1n) is 9.53. The Balaban J connectivity index is 1.99. The molecule has 0 unspecified atom stereocenters. The summed E-state index contributed by atoms with van der Waals surface area (Å²) in [4.78, 5) is 47.7. The van der Waals surface area contributed by atoms with Crippen LogP contribution in [0.5, 0.6) is 0 Å². The van der Waals surface area contributed by atoms with E-state index in [-0.39, 0.29) is 11.6 Å². The van der Waals surface area contributed by atoms with E-state index in [0.29, 0.717) is 23.2 Å². The number of benzene rings is 2. The molecule has 0 radical (unpaired) electrons. The van der Waals surface area contributed by atoms with Crippen molar-refractivity contribution in [2.75, 3.05) is 11.9 Å². The minimum Gasteiger partial charge on any atom is -0.453 e. The van der Waals surface area contributed by atoms with Gasteiger partial charge in [-0.25, -0.2) is 4.79 Å². The lowest BCUT2D eigenvalue weighted by atomic mass is 10.1. The number of Topliss-reactive ketones (excluding diaryl/α,β-unsaturated/α-hetero) is 1. The van der Waals surface area contributed by atoms with E-state index in [2.05, 4.69) is 10.6 Å². The molecular formula is C23H24N2O5. The molecule has 0 saturated heterocycles. The third kappa shape index (κ3) is 7.35. The van der Waals surface area contributed by atoms with Gasteiger partial charge < -0.3 is 15.4 Å². The second kappa shape index (κ2) is 11.3. The van der Waals surface area contributed by atoms with Crippen LogP contribution in [0.25, 0.3) is 6.08 Å². The maximum Gasteiger partial charge on any atom is 0.355 e. The Bertz CT molecular complexity index is 934. The molecule has 7 heteroatoms. The zero-order valence-corrected chi connectivity index (χ0v) is 16.9. The molecule has 0 atom stereocenters. The molecule has 156 valence electrons. The van der Waals surface area contributed by atoms with Gasteiger partial charge in [0.05, 0.1) is 0 Å². The predicted molar refractivity (Wildman–Crippen MR) is 114 cm³/mol. The Morgan fingerprint density at radius 1 is 0.967 bits per heavy atom. The average molecular weight is 408 g/mol. The third-order valence-electron chi connectivity index (χ3n) is 3.94. The van der Waals surface area contributed by atoms with E-state index in [4.69, 9.17) is 4.74 Å². The number of hydrogen-bond acceptors (Lipinski definition) is 5. The fraction of sp³-hybridized carbons (Fsp3) is 0.217. The van der Waals surface area contributed by atoms with Gasteiger partial charge in [-0.15, -0.1) is 0 Å². The van der Waals surface area contributed by atoms with Crippen LogP contribution in [0.1, 0.15) is 42.6 Å². The fourth-order valence-electron chi connectivity index (χ4n) is 2.53. The standard InChI is InChI=1S/C23H24N2O5/c1-3-7-22(28)25-19-12-10-18(11-13-19)21(27)15-30-23(29)20(24-16(2)26)14-17-8-5-4-6-9-17/h4-6,8-14H,3,7,15H2,1-2H3,(H,24,26)(H,25,28)/b20-14-. The summed E-state index contributed by atoms with van der Waals surface area (Å²) in [7, 11) is 0. The van der Waals surface area contributed by atoms with Crippen LogP contribution in [0, 0.1) is 0 Å². The van der Waals surface area contributed by atoms with Gasteiger partial charge >= 0.3 is 5.97 Å². The first kappa shape index (κ1) is 22.5. The smallest absolute Gasteiger partial charge is 0.355 e. The van der Waals surface area contributed by atoms with Crippen molar-refractivity contribution in [2.45, 2.75) is 26.7 Å². The highest BCUT2D eigenvalue weighted by molar-refractivity contribution is 6.02. The average Bonchev–Trinajstić information content (AvgIpc) is 2.72. The molecule has 7 nitrogen and oxygen atoms in total. The number of amides is 2. The zero-order chi connectivity index (χ0) is 21.9. The molecule has 2 aromatic carbocycles. The first-order chi connectivity index (χ1) is 14.4. The molecule has 2 amide bonds. The van der Waals surface area contributed by atoms with E-state index in [0.717, 1.165) is 6.42 Å². The molecule has 30 heavy (non-hydrogen) atoms. The van der Waals surface area contributed by atoms with Gasteiger partial charge in [0.2, 0.25) is 11.8 Å². The summed E-state index contributed by atoms with van der Waals surface area (Å²) in [6.07, 6.45) is 2.64. The molecule has 0 aromatic heterocycles. The number of hydrogen-bond donors (Lipinski definition) is 2. The Morgan fingerprint density at radius 3 is 2.23 bits per heavy atom. The number of nitrogens with one attached hydrogen (secondary N) is 2. The highest BCUT2D eigenvalue weighted by Crippen LogP contribution is 2.12. The van der Waals surface area contributed by atoms with Gasteiger partial charge in [0.25, 0.3) is 0 Å².